The van der Waals surface area contributed by atoms with Gasteiger partial charge >= 0.3 is 6.18 Å². The number of carbonyl (C=O) groups is 1. The van der Waals surface area contributed by atoms with E-state index in [0.717, 1.165) is 47.9 Å². The Labute approximate surface area is 218 Å². The standard InChI is InChI=1S/C28H30F3N5O2/c1-34-14-21(18-4-2-3-5-19(18)27(34)38)20-12-22(32)26(33-25(20)17-8-9-17)35-10-11-36(23(15-35)16-6-7-16)24(37)13-28(29,30)31/h2-5,12,14,16-17,23H,6-11,13,15,32H2,1H3/t23-/m0/s1. The highest BCUT2D eigenvalue weighted by Gasteiger charge is 2.44. The van der Waals surface area contributed by atoms with Crippen molar-refractivity contribution in [3.8, 4) is 11.1 Å². The van der Waals surface area contributed by atoms with Crippen molar-refractivity contribution in [1.29, 1.82) is 0 Å². The van der Waals surface area contributed by atoms with Gasteiger partial charge in [-0.2, -0.15) is 13.2 Å². The van der Waals surface area contributed by atoms with Crippen LogP contribution in [0.25, 0.3) is 21.9 Å². The molecule has 1 amide bonds. The molecule has 0 radical (unpaired) electrons. The first-order valence-corrected chi connectivity index (χ1v) is 13.1. The van der Waals surface area contributed by atoms with E-state index in [4.69, 9.17) is 10.7 Å². The Morgan fingerprint density at radius 2 is 1.79 bits per heavy atom. The fourth-order valence-corrected chi connectivity index (χ4v) is 5.77. The summed E-state index contributed by atoms with van der Waals surface area (Å²) >= 11 is 0. The molecule has 2 aromatic heterocycles. The number of hydrogen-bond acceptors (Lipinski definition) is 5. The van der Waals surface area contributed by atoms with Crippen molar-refractivity contribution in [2.24, 2.45) is 13.0 Å². The Hall–Kier alpha value is -3.56. The molecule has 38 heavy (non-hydrogen) atoms. The minimum atomic E-state index is -4.52. The fraction of sp³-hybridized carbons (Fsp3) is 0.464. The summed E-state index contributed by atoms with van der Waals surface area (Å²) in [5.74, 6) is 0.258. The van der Waals surface area contributed by atoms with Gasteiger partial charge in [0.25, 0.3) is 5.56 Å². The molecule has 0 spiro atoms. The van der Waals surface area contributed by atoms with Crippen molar-refractivity contribution < 1.29 is 18.0 Å². The topological polar surface area (TPSA) is 84.5 Å². The largest absolute Gasteiger partial charge is 0.397 e. The van der Waals surface area contributed by atoms with Gasteiger partial charge in [0, 0.05) is 55.3 Å². The number of hydrogen-bond donors (Lipinski definition) is 1. The number of fused-ring (bicyclic) bond motifs is 1. The highest BCUT2D eigenvalue weighted by Crippen LogP contribution is 2.47. The number of anilines is 2. The quantitative estimate of drug-likeness (QED) is 0.533. The van der Waals surface area contributed by atoms with Gasteiger partial charge in [-0.05, 0) is 49.1 Å². The van der Waals surface area contributed by atoms with Gasteiger partial charge in [0.05, 0.1) is 17.4 Å². The van der Waals surface area contributed by atoms with E-state index in [-0.39, 0.29) is 30.0 Å². The Bertz CT molecular complexity index is 1480. The number of pyridine rings is 2. The van der Waals surface area contributed by atoms with Crippen LogP contribution in [0.5, 0.6) is 0 Å². The number of nitrogens with zero attached hydrogens (tertiary/aromatic N) is 4. The Kier molecular flexibility index (Phi) is 5.88. The van der Waals surface area contributed by atoms with Gasteiger partial charge in [-0.25, -0.2) is 4.98 Å². The fourth-order valence-electron chi connectivity index (χ4n) is 5.77. The number of nitrogens with two attached hydrogens (primary N) is 1. The first kappa shape index (κ1) is 24.8. The predicted molar refractivity (Wildman–Crippen MR) is 140 cm³/mol. The number of nitrogen functional groups attached to an aromatic ring is 1. The normalized spacial score (nSPS) is 20.3. The molecule has 7 nitrogen and oxygen atoms in total. The van der Waals surface area contributed by atoms with Crippen LogP contribution in [0.4, 0.5) is 24.7 Å². The second-order valence-corrected chi connectivity index (χ2v) is 10.8. The van der Waals surface area contributed by atoms with E-state index >= 15 is 0 Å². The third kappa shape index (κ3) is 4.61. The van der Waals surface area contributed by atoms with Crippen LogP contribution in [-0.2, 0) is 11.8 Å². The van der Waals surface area contributed by atoms with Crippen LogP contribution in [0.15, 0.2) is 41.3 Å². The number of benzene rings is 1. The van der Waals surface area contributed by atoms with E-state index in [0.29, 0.717) is 30.0 Å². The molecule has 0 unspecified atom stereocenters. The molecule has 2 saturated carbocycles. The van der Waals surface area contributed by atoms with Crippen LogP contribution in [-0.4, -0.2) is 52.2 Å². The monoisotopic (exact) mass is 525 g/mol. The SMILES string of the molecule is Cn1cc(-c2cc(N)c(N3CCN(C(=O)CC(F)(F)F)[C@H](C4CC4)C3)nc2C2CC2)c2ccccc2c1=O. The van der Waals surface area contributed by atoms with E-state index in [1.807, 2.05) is 41.4 Å². The van der Waals surface area contributed by atoms with Crippen molar-refractivity contribution in [2.75, 3.05) is 30.3 Å². The molecule has 200 valence electrons. The average molecular weight is 526 g/mol. The molecule has 2 N–H and O–H groups in total. The molecule has 3 aromatic rings. The van der Waals surface area contributed by atoms with E-state index in [1.54, 1.807) is 11.6 Å². The van der Waals surface area contributed by atoms with Crippen LogP contribution >= 0.6 is 0 Å². The molecule has 3 heterocycles. The number of piperazine rings is 1. The molecule has 1 atom stereocenters. The highest BCUT2D eigenvalue weighted by molar-refractivity contribution is 5.97. The number of aryl methyl sites for hydroxylation is 1. The number of alkyl halides is 3. The Morgan fingerprint density at radius 1 is 1.08 bits per heavy atom. The number of aromatic nitrogens is 2. The minimum Gasteiger partial charge on any atom is -0.396 e. The lowest BCUT2D eigenvalue weighted by Crippen LogP contribution is -2.57. The average Bonchev–Trinajstić information content (AvgIpc) is 3.78. The predicted octanol–water partition coefficient (Wildman–Crippen LogP) is 4.44. The van der Waals surface area contributed by atoms with E-state index in [9.17, 15) is 22.8 Å². The van der Waals surface area contributed by atoms with Crippen LogP contribution in [0.3, 0.4) is 0 Å². The molecule has 1 saturated heterocycles. The minimum absolute atomic E-state index is 0.0704. The lowest BCUT2D eigenvalue weighted by atomic mass is 9.96. The molecule has 1 aromatic carbocycles. The summed E-state index contributed by atoms with van der Waals surface area (Å²) < 4.78 is 40.4. The lowest BCUT2D eigenvalue weighted by molar-refractivity contribution is -0.163. The molecular formula is C28H30F3N5O2. The summed E-state index contributed by atoms with van der Waals surface area (Å²) in [5, 5.41) is 1.47. The van der Waals surface area contributed by atoms with E-state index in [1.165, 1.54) is 4.90 Å². The Balaban J connectivity index is 1.37. The zero-order valence-corrected chi connectivity index (χ0v) is 21.2. The van der Waals surface area contributed by atoms with Gasteiger partial charge in [-0.15, -0.1) is 0 Å². The molecule has 0 bridgehead atoms. The number of carbonyl (C=O) groups excluding carboxylic acids is 1. The molecule has 10 heteroatoms. The summed E-state index contributed by atoms with van der Waals surface area (Å²) in [6, 6.07) is 9.16. The highest BCUT2D eigenvalue weighted by atomic mass is 19.4. The van der Waals surface area contributed by atoms with Gasteiger partial charge in [0.1, 0.15) is 6.42 Å². The summed E-state index contributed by atoms with van der Waals surface area (Å²) in [7, 11) is 1.73. The van der Waals surface area contributed by atoms with Crippen molar-refractivity contribution >= 4 is 28.2 Å². The zero-order valence-electron chi connectivity index (χ0n) is 21.2. The third-order valence-electron chi connectivity index (χ3n) is 7.96. The molecule has 2 aliphatic carbocycles. The van der Waals surface area contributed by atoms with Crippen molar-refractivity contribution in [3.05, 3.63) is 52.6 Å². The number of rotatable bonds is 5. The lowest BCUT2D eigenvalue weighted by Gasteiger charge is -2.43. The molecule has 3 fully saturated rings. The molecule has 3 aliphatic rings. The smallest absolute Gasteiger partial charge is 0.396 e. The van der Waals surface area contributed by atoms with Crippen LogP contribution in [0.1, 0.15) is 43.7 Å². The van der Waals surface area contributed by atoms with Crippen molar-refractivity contribution in [3.63, 3.8) is 0 Å². The van der Waals surface area contributed by atoms with Gasteiger partial charge in [0.15, 0.2) is 5.82 Å². The first-order chi connectivity index (χ1) is 18.1. The number of halogens is 3. The second-order valence-electron chi connectivity index (χ2n) is 10.8. The van der Waals surface area contributed by atoms with Crippen molar-refractivity contribution in [1.82, 2.24) is 14.5 Å². The van der Waals surface area contributed by atoms with E-state index in [2.05, 4.69) is 0 Å². The third-order valence-corrected chi connectivity index (χ3v) is 7.96. The van der Waals surface area contributed by atoms with Gasteiger partial charge in [0.2, 0.25) is 5.91 Å². The van der Waals surface area contributed by atoms with E-state index < -0.39 is 18.5 Å². The summed E-state index contributed by atoms with van der Waals surface area (Å²) in [6.45, 7) is 0.997. The maximum atomic E-state index is 12.9. The van der Waals surface area contributed by atoms with Crippen LogP contribution < -0.4 is 16.2 Å². The molecular weight excluding hydrogens is 495 g/mol. The van der Waals surface area contributed by atoms with Crippen LogP contribution in [0, 0.1) is 5.92 Å². The maximum Gasteiger partial charge on any atom is 0.397 e. The van der Waals surface area contributed by atoms with Crippen molar-refractivity contribution in [2.45, 2.75) is 50.2 Å². The Morgan fingerprint density at radius 3 is 2.45 bits per heavy atom. The number of amides is 1. The summed E-state index contributed by atoms with van der Waals surface area (Å²) in [4.78, 5) is 33.8. The van der Waals surface area contributed by atoms with Gasteiger partial charge < -0.3 is 20.1 Å². The molecule has 1 aliphatic heterocycles. The summed E-state index contributed by atoms with van der Waals surface area (Å²) in [5.41, 5.74) is 9.74. The molecule has 6 rings (SSSR count). The second kappa shape index (κ2) is 9.03. The summed E-state index contributed by atoms with van der Waals surface area (Å²) in [6.07, 6.45) is -0.276. The van der Waals surface area contributed by atoms with Gasteiger partial charge in [-0.1, -0.05) is 18.2 Å². The zero-order chi connectivity index (χ0) is 26.8. The maximum absolute atomic E-state index is 12.9. The van der Waals surface area contributed by atoms with Gasteiger partial charge in [-0.3, -0.25) is 9.59 Å². The first-order valence-electron chi connectivity index (χ1n) is 13.1. The van der Waals surface area contributed by atoms with Crippen LogP contribution in [0.2, 0.25) is 0 Å².